The Kier molecular flexibility index (Phi) is 7.09. The predicted octanol–water partition coefficient (Wildman–Crippen LogP) is 2.69. The topological polar surface area (TPSA) is 53.4 Å². The summed E-state index contributed by atoms with van der Waals surface area (Å²) in [4.78, 5) is 16.9. The summed E-state index contributed by atoms with van der Waals surface area (Å²) < 4.78 is 2.04. The van der Waals surface area contributed by atoms with Crippen LogP contribution in [0.3, 0.4) is 0 Å². The number of aromatic nitrogens is 2. The molecular weight excluding hydrogens is 362 g/mol. The number of aryl methyl sites for hydroxylation is 1. The molecule has 2 heterocycles. The lowest BCUT2D eigenvalue weighted by Crippen LogP contribution is -2.43. The van der Waals surface area contributed by atoms with Crippen molar-refractivity contribution in [2.45, 2.75) is 53.6 Å². The van der Waals surface area contributed by atoms with E-state index in [1.807, 2.05) is 4.68 Å². The summed E-state index contributed by atoms with van der Waals surface area (Å²) in [7, 11) is 0. The van der Waals surface area contributed by atoms with Crippen LogP contribution in [-0.2, 0) is 17.8 Å². The second-order valence-electron chi connectivity index (χ2n) is 8.29. The summed E-state index contributed by atoms with van der Waals surface area (Å²) in [6.45, 7) is 15.4. The van der Waals surface area contributed by atoms with Crippen molar-refractivity contribution < 1.29 is 4.79 Å². The van der Waals surface area contributed by atoms with Gasteiger partial charge in [-0.3, -0.25) is 14.6 Å². The van der Waals surface area contributed by atoms with E-state index in [0.29, 0.717) is 19.1 Å². The fourth-order valence-corrected chi connectivity index (χ4v) is 4.06. The maximum atomic E-state index is 12.4. The maximum Gasteiger partial charge on any atom is 0.234 e. The number of hydrogen-bond donors (Lipinski definition) is 1. The van der Waals surface area contributed by atoms with Crippen molar-refractivity contribution in [3.63, 3.8) is 0 Å². The fourth-order valence-electron chi connectivity index (χ4n) is 4.06. The summed E-state index contributed by atoms with van der Waals surface area (Å²) in [5, 5.41) is 7.93. The van der Waals surface area contributed by atoms with Crippen LogP contribution in [-0.4, -0.2) is 64.3 Å². The molecule has 0 unspecified atom stereocenters. The molecular formula is C23H35N5O. The Morgan fingerprint density at radius 3 is 2.62 bits per heavy atom. The Bertz CT molecular complexity index is 825. The zero-order valence-electron chi connectivity index (χ0n) is 18.5. The van der Waals surface area contributed by atoms with Gasteiger partial charge in [0.25, 0.3) is 0 Å². The molecule has 0 spiro atoms. The Labute approximate surface area is 174 Å². The molecule has 0 atom stereocenters. The van der Waals surface area contributed by atoms with Crippen LogP contribution in [0, 0.1) is 13.8 Å². The average molecular weight is 398 g/mol. The molecule has 3 rings (SSSR count). The van der Waals surface area contributed by atoms with Crippen LogP contribution in [0.1, 0.15) is 43.3 Å². The van der Waals surface area contributed by atoms with Crippen LogP contribution in [0.2, 0.25) is 0 Å². The van der Waals surface area contributed by atoms with Crippen molar-refractivity contribution in [1.29, 1.82) is 0 Å². The number of nitrogens with one attached hydrogen (secondary N) is 1. The van der Waals surface area contributed by atoms with E-state index in [2.05, 4.69) is 74.0 Å². The van der Waals surface area contributed by atoms with Crippen molar-refractivity contribution in [2.24, 2.45) is 0 Å². The first-order chi connectivity index (χ1) is 13.9. The van der Waals surface area contributed by atoms with Gasteiger partial charge in [0.1, 0.15) is 0 Å². The van der Waals surface area contributed by atoms with E-state index in [0.717, 1.165) is 44.0 Å². The van der Waals surface area contributed by atoms with Gasteiger partial charge in [-0.1, -0.05) is 24.6 Å². The Balaban J connectivity index is 1.56. The van der Waals surface area contributed by atoms with Gasteiger partial charge in [-0.05, 0) is 58.4 Å². The summed E-state index contributed by atoms with van der Waals surface area (Å²) in [6, 6.07) is 8.96. The van der Waals surface area contributed by atoms with E-state index in [9.17, 15) is 4.79 Å². The van der Waals surface area contributed by atoms with Crippen molar-refractivity contribution in [2.75, 3.05) is 32.7 Å². The minimum Gasteiger partial charge on any atom is -0.354 e. The van der Waals surface area contributed by atoms with Gasteiger partial charge in [0.2, 0.25) is 5.91 Å². The molecule has 1 aromatic heterocycles. The summed E-state index contributed by atoms with van der Waals surface area (Å²) >= 11 is 0. The zero-order chi connectivity index (χ0) is 21.0. The van der Waals surface area contributed by atoms with Crippen LogP contribution in [0.5, 0.6) is 0 Å². The highest BCUT2D eigenvalue weighted by molar-refractivity contribution is 5.78. The molecule has 0 aliphatic carbocycles. The van der Waals surface area contributed by atoms with Crippen molar-refractivity contribution >= 4 is 5.91 Å². The SMILES string of the molecule is CCN(CCNC(=O)CN1CCc2c(nn(-c3ccc(C)cc3)c2C)C1)C(C)C. The fraction of sp³-hybridized carbons (Fsp3) is 0.565. The molecule has 2 aromatic rings. The van der Waals surface area contributed by atoms with Gasteiger partial charge in [0.05, 0.1) is 17.9 Å². The first kappa shape index (κ1) is 21.5. The number of rotatable bonds is 8. The van der Waals surface area contributed by atoms with Gasteiger partial charge in [-0.25, -0.2) is 4.68 Å². The van der Waals surface area contributed by atoms with Crippen LogP contribution < -0.4 is 5.32 Å². The van der Waals surface area contributed by atoms with Crippen LogP contribution >= 0.6 is 0 Å². The highest BCUT2D eigenvalue weighted by Crippen LogP contribution is 2.24. The van der Waals surface area contributed by atoms with Crippen molar-refractivity contribution in [1.82, 2.24) is 24.9 Å². The summed E-state index contributed by atoms with van der Waals surface area (Å²) in [5.74, 6) is 0.1000. The van der Waals surface area contributed by atoms with Gasteiger partial charge in [-0.15, -0.1) is 0 Å². The Hall–Kier alpha value is -2.18. The van der Waals surface area contributed by atoms with E-state index < -0.39 is 0 Å². The molecule has 29 heavy (non-hydrogen) atoms. The van der Waals surface area contributed by atoms with Gasteiger partial charge < -0.3 is 5.32 Å². The van der Waals surface area contributed by atoms with E-state index in [1.54, 1.807) is 0 Å². The molecule has 1 N–H and O–H groups in total. The molecule has 1 amide bonds. The highest BCUT2D eigenvalue weighted by Gasteiger charge is 2.24. The number of likely N-dealkylation sites (N-methyl/N-ethyl adjacent to an activating group) is 1. The highest BCUT2D eigenvalue weighted by atomic mass is 16.2. The van der Waals surface area contributed by atoms with E-state index in [1.165, 1.54) is 16.8 Å². The Morgan fingerprint density at radius 2 is 1.97 bits per heavy atom. The summed E-state index contributed by atoms with van der Waals surface area (Å²) in [5.41, 5.74) is 5.98. The third kappa shape index (κ3) is 5.25. The first-order valence-corrected chi connectivity index (χ1v) is 10.8. The quantitative estimate of drug-likeness (QED) is 0.744. The number of amides is 1. The monoisotopic (exact) mass is 397 g/mol. The summed E-state index contributed by atoms with van der Waals surface area (Å²) in [6.07, 6.45) is 0.942. The van der Waals surface area contributed by atoms with Crippen molar-refractivity contribution in [3.8, 4) is 5.69 Å². The molecule has 0 radical (unpaired) electrons. The number of carbonyl (C=O) groups excluding carboxylic acids is 1. The molecule has 0 saturated carbocycles. The van der Waals surface area contributed by atoms with E-state index in [-0.39, 0.29) is 5.91 Å². The molecule has 1 aliphatic heterocycles. The smallest absolute Gasteiger partial charge is 0.234 e. The second kappa shape index (κ2) is 9.55. The van der Waals surface area contributed by atoms with Gasteiger partial charge >= 0.3 is 0 Å². The van der Waals surface area contributed by atoms with Crippen LogP contribution in [0.15, 0.2) is 24.3 Å². The van der Waals surface area contributed by atoms with Crippen LogP contribution in [0.4, 0.5) is 0 Å². The van der Waals surface area contributed by atoms with Gasteiger partial charge in [0.15, 0.2) is 0 Å². The molecule has 1 aliphatic rings. The molecule has 0 fully saturated rings. The predicted molar refractivity (Wildman–Crippen MR) is 117 cm³/mol. The average Bonchev–Trinajstić information content (AvgIpc) is 3.01. The van der Waals surface area contributed by atoms with E-state index >= 15 is 0 Å². The third-order valence-electron chi connectivity index (χ3n) is 5.88. The maximum absolute atomic E-state index is 12.4. The van der Waals surface area contributed by atoms with Crippen LogP contribution in [0.25, 0.3) is 5.69 Å². The number of benzene rings is 1. The number of nitrogens with zero attached hydrogens (tertiary/aromatic N) is 4. The normalized spacial score (nSPS) is 14.4. The zero-order valence-corrected chi connectivity index (χ0v) is 18.5. The minimum absolute atomic E-state index is 0.1000. The second-order valence-corrected chi connectivity index (χ2v) is 8.29. The first-order valence-electron chi connectivity index (χ1n) is 10.8. The number of hydrogen-bond acceptors (Lipinski definition) is 4. The third-order valence-corrected chi connectivity index (χ3v) is 5.88. The lowest BCUT2D eigenvalue weighted by molar-refractivity contribution is -0.122. The largest absolute Gasteiger partial charge is 0.354 e. The van der Waals surface area contributed by atoms with E-state index in [4.69, 9.17) is 5.10 Å². The lowest BCUT2D eigenvalue weighted by Gasteiger charge is -2.27. The number of carbonyl (C=O) groups is 1. The minimum atomic E-state index is 0.1000. The molecule has 0 saturated heterocycles. The molecule has 1 aromatic carbocycles. The number of fused-ring (bicyclic) bond motifs is 1. The molecule has 6 heteroatoms. The van der Waals surface area contributed by atoms with Gasteiger partial charge in [0, 0.05) is 37.9 Å². The molecule has 158 valence electrons. The lowest BCUT2D eigenvalue weighted by atomic mass is 10.0. The molecule has 0 bridgehead atoms. The van der Waals surface area contributed by atoms with Gasteiger partial charge in [-0.2, -0.15) is 5.10 Å². The Morgan fingerprint density at radius 1 is 1.24 bits per heavy atom. The van der Waals surface area contributed by atoms with Crippen molar-refractivity contribution in [3.05, 3.63) is 46.8 Å². The molecule has 6 nitrogen and oxygen atoms in total. The standard InChI is InChI=1S/C23H35N5O/c1-6-27(17(2)3)14-12-24-23(29)16-26-13-11-21-19(5)28(25-22(21)15-26)20-9-7-18(4)8-10-20/h7-10,17H,6,11-16H2,1-5H3,(H,24,29).